The third kappa shape index (κ3) is 1.92. The van der Waals surface area contributed by atoms with Crippen LogP contribution < -0.4 is 4.74 Å². The fourth-order valence-corrected chi connectivity index (χ4v) is 1.34. The Morgan fingerprint density at radius 1 is 1.38 bits per heavy atom. The van der Waals surface area contributed by atoms with E-state index in [0.717, 1.165) is 13.0 Å². The summed E-state index contributed by atoms with van der Waals surface area (Å²) in [6, 6.07) is 6.98. The zero-order chi connectivity index (χ0) is 9.10. The minimum atomic E-state index is 0.0910. The van der Waals surface area contributed by atoms with Crippen molar-refractivity contribution < 1.29 is 14.6 Å². The average Bonchev–Trinajstić information content (AvgIpc) is 2.61. The molecule has 1 aliphatic rings. The molecule has 0 amide bonds. The largest absolute Gasteiger partial charge is 0.504 e. The molecule has 1 atom stereocenters. The summed E-state index contributed by atoms with van der Waals surface area (Å²) in [4.78, 5) is 0. The van der Waals surface area contributed by atoms with Crippen LogP contribution in [-0.4, -0.2) is 24.4 Å². The number of benzene rings is 1. The second kappa shape index (κ2) is 3.66. The van der Waals surface area contributed by atoms with Crippen molar-refractivity contribution >= 4 is 0 Å². The Bertz CT molecular complexity index is 279. The Balaban J connectivity index is 2.04. The monoisotopic (exact) mass is 180 g/mol. The van der Waals surface area contributed by atoms with Crippen molar-refractivity contribution in [3.63, 3.8) is 0 Å². The molecular weight excluding hydrogens is 168 g/mol. The van der Waals surface area contributed by atoms with Gasteiger partial charge in [-0.25, -0.2) is 0 Å². The molecule has 1 saturated heterocycles. The number of rotatable bonds is 2. The van der Waals surface area contributed by atoms with Gasteiger partial charge >= 0.3 is 0 Å². The third-order valence-corrected chi connectivity index (χ3v) is 2.05. The molecule has 0 spiro atoms. The minimum absolute atomic E-state index is 0.0910. The Morgan fingerprint density at radius 3 is 2.92 bits per heavy atom. The highest BCUT2D eigenvalue weighted by atomic mass is 16.5. The fourth-order valence-electron chi connectivity index (χ4n) is 1.34. The highest BCUT2D eigenvalue weighted by molar-refractivity contribution is 5.38. The van der Waals surface area contributed by atoms with Gasteiger partial charge in [-0.05, 0) is 12.1 Å². The van der Waals surface area contributed by atoms with Gasteiger partial charge in [0.05, 0.1) is 13.2 Å². The van der Waals surface area contributed by atoms with E-state index in [4.69, 9.17) is 9.47 Å². The van der Waals surface area contributed by atoms with E-state index in [2.05, 4.69) is 0 Å². The van der Waals surface area contributed by atoms with Crippen molar-refractivity contribution in [3.05, 3.63) is 24.3 Å². The van der Waals surface area contributed by atoms with Crippen LogP contribution >= 0.6 is 0 Å². The van der Waals surface area contributed by atoms with Crippen LogP contribution in [0.3, 0.4) is 0 Å². The molecular formula is C10H12O3. The van der Waals surface area contributed by atoms with E-state index in [0.29, 0.717) is 12.4 Å². The highest BCUT2D eigenvalue weighted by Crippen LogP contribution is 2.26. The van der Waals surface area contributed by atoms with Crippen LogP contribution in [0.4, 0.5) is 0 Å². The summed E-state index contributed by atoms with van der Waals surface area (Å²) >= 11 is 0. The van der Waals surface area contributed by atoms with E-state index in [-0.39, 0.29) is 11.9 Å². The van der Waals surface area contributed by atoms with Crippen LogP contribution in [-0.2, 0) is 4.74 Å². The van der Waals surface area contributed by atoms with Gasteiger partial charge in [0.25, 0.3) is 0 Å². The normalized spacial score (nSPS) is 21.7. The smallest absolute Gasteiger partial charge is 0.161 e. The van der Waals surface area contributed by atoms with Crippen molar-refractivity contribution in [1.82, 2.24) is 0 Å². The second-order valence-corrected chi connectivity index (χ2v) is 3.07. The lowest BCUT2D eigenvalue weighted by atomic mass is 10.3. The summed E-state index contributed by atoms with van der Waals surface area (Å²) in [6.07, 6.45) is 0.988. The zero-order valence-electron chi connectivity index (χ0n) is 7.27. The van der Waals surface area contributed by atoms with Gasteiger partial charge in [-0.3, -0.25) is 0 Å². The predicted octanol–water partition coefficient (Wildman–Crippen LogP) is 1.56. The van der Waals surface area contributed by atoms with Gasteiger partial charge in [0, 0.05) is 6.42 Å². The van der Waals surface area contributed by atoms with Gasteiger partial charge in [0.1, 0.15) is 6.10 Å². The molecule has 1 aliphatic heterocycles. The maximum atomic E-state index is 9.41. The summed E-state index contributed by atoms with van der Waals surface area (Å²) in [6.45, 7) is 1.37. The van der Waals surface area contributed by atoms with Crippen molar-refractivity contribution in [1.29, 1.82) is 0 Å². The van der Waals surface area contributed by atoms with E-state index in [1.165, 1.54) is 0 Å². The zero-order valence-corrected chi connectivity index (χ0v) is 7.27. The summed E-state index contributed by atoms with van der Waals surface area (Å²) in [5, 5.41) is 9.41. The molecule has 0 saturated carbocycles. The number of hydrogen-bond donors (Lipinski definition) is 1. The predicted molar refractivity (Wildman–Crippen MR) is 48.0 cm³/mol. The van der Waals surface area contributed by atoms with Crippen LogP contribution in [0, 0.1) is 0 Å². The lowest BCUT2D eigenvalue weighted by Crippen LogP contribution is -2.15. The van der Waals surface area contributed by atoms with Crippen LogP contribution in [0.2, 0.25) is 0 Å². The first-order valence-electron chi connectivity index (χ1n) is 4.38. The molecule has 1 fully saturated rings. The number of aromatic hydroxyl groups is 1. The molecule has 0 bridgehead atoms. The first kappa shape index (κ1) is 8.38. The molecule has 1 N–H and O–H groups in total. The molecule has 0 aromatic heterocycles. The van der Waals surface area contributed by atoms with E-state index in [1.54, 1.807) is 18.2 Å². The second-order valence-electron chi connectivity index (χ2n) is 3.07. The molecule has 1 aromatic carbocycles. The first-order valence-corrected chi connectivity index (χ1v) is 4.38. The molecule has 1 aromatic rings. The summed E-state index contributed by atoms with van der Waals surface area (Å²) in [7, 11) is 0. The highest BCUT2D eigenvalue weighted by Gasteiger charge is 2.17. The van der Waals surface area contributed by atoms with Crippen molar-refractivity contribution in [3.8, 4) is 11.5 Å². The van der Waals surface area contributed by atoms with Crippen LogP contribution in [0.25, 0.3) is 0 Å². The standard InChI is InChI=1S/C10H12O3/c11-9-3-1-2-4-10(9)13-8-5-6-12-7-8/h1-4,8,11H,5-7H2. The lowest BCUT2D eigenvalue weighted by Gasteiger charge is -2.12. The van der Waals surface area contributed by atoms with Gasteiger partial charge in [-0.15, -0.1) is 0 Å². The first-order chi connectivity index (χ1) is 6.36. The molecule has 0 radical (unpaired) electrons. The Morgan fingerprint density at radius 2 is 2.23 bits per heavy atom. The van der Waals surface area contributed by atoms with Crippen LogP contribution in [0.15, 0.2) is 24.3 Å². The van der Waals surface area contributed by atoms with E-state index in [1.807, 2.05) is 6.07 Å². The molecule has 3 nitrogen and oxygen atoms in total. The van der Waals surface area contributed by atoms with Crippen molar-refractivity contribution in [2.45, 2.75) is 12.5 Å². The average molecular weight is 180 g/mol. The van der Waals surface area contributed by atoms with E-state index < -0.39 is 0 Å². The number of phenols is 1. The van der Waals surface area contributed by atoms with E-state index in [9.17, 15) is 5.11 Å². The molecule has 2 rings (SSSR count). The number of ether oxygens (including phenoxy) is 2. The van der Waals surface area contributed by atoms with Gasteiger partial charge < -0.3 is 14.6 Å². The molecule has 1 unspecified atom stereocenters. The minimum Gasteiger partial charge on any atom is -0.504 e. The maximum absolute atomic E-state index is 9.41. The Hall–Kier alpha value is -1.22. The molecule has 13 heavy (non-hydrogen) atoms. The van der Waals surface area contributed by atoms with Crippen LogP contribution in [0.1, 0.15) is 6.42 Å². The number of para-hydroxylation sites is 2. The van der Waals surface area contributed by atoms with Gasteiger partial charge in [0.2, 0.25) is 0 Å². The van der Waals surface area contributed by atoms with Crippen molar-refractivity contribution in [2.24, 2.45) is 0 Å². The summed E-state index contributed by atoms with van der Waals surface area (Å²) < 4.78 is 10.7. The Labute approximate surface area is 76.9 Å². The maximum Gasteiger partial charge on any atom is 0.161 e. The topological polar surface area (TPSA) is 38.7 Å². The summed E-state index contributed by atoms with van der Waals surface area (Å²) in [5.41, 5.74) is 0. The molecule has 1 heterocycles. The Kier molecular flexibility index (Phi) is 2.36. The quantitative estimate of drug-likeness (QED) is 0.750. The van der Waals surface area contributed by atoms with E-state index >= 15 is 0 Å². The number of hydrogen-bond acceptors (Lipinski definition) is 3. The van der Waals surface area contributed by atoms with Gasteiger partial charge in [-0.1, -0.05) is 12.1 Å². The molecule has 3 heteroatoms. The third-order valence-electron chi connectivity index (χ3n) is 2.05. The fraction of sp³-hybridized carbons (Fsp3) is 0.400. The van der Waals surface area contributed by atoms with Crippen molar-refractivity contribution in [2.75, 3.05) is 13.2 Å². The molecule has 0 aliphatic carbocycles. The lowest BCUT2D eigenvalue weighted by molar-refractivity contribution is 0.139. The van der Waals surface area contributed by atoms with Gasteiger partial charge in [-0.2, -0.15) is 0 Å². The van der Waals surface area contributed by atoms with Crippen LogP contribution in [0.5, 0.6) is 11.5 Å². The SMILES string of the molecule is Oc1ccccc1OC1CCOC1. The molecule has 70 valence electrons. The summed E-state index contributed by atoms with van der Waals surface area (Å²) in [5.74, 6) is 0.729. The number of phenolic OH excluding ortho intramolecular Hbond substituents is 1. The van der Waals surface area contributed by atoms with Gasteiger partial charge in [0.15, 0.2) is 11.5 Å².